The maximum absolute atomic E-state index is 11.2. The van der Waals surface area contributed by atoms with E-state index >= 15 is 0 Å². The van der Waals surface area contributed by atoms with E-state index in [9.17, 15) is 4.79 Å². The number of piperazine rings is 1. The number of nitrogens with zero attached hydrogens (tertiary/aromatic N) is 3. The first-order valence-electron chi connectivity index (χ1n) is 10.3. The Morgan fingerprint density at radius 2 is 1.96 bits per heavy atom. The van der Waals surface area contributed by atoms with E-state index in [1.54, 1.807) is 13.2 Å². The second-order valence-corrected chi connectivity index (χ2v) is 8.01. The fourth-order valence-electron chi connectivity index (χ4n) is 4.54. The van der Waals surface area contributed by atoms with E-state index < -0.39 is 0 Å². The number of hydrogen-bond donors (Lipinski definition) is 1. The third kappa shape index (κ3) is 4.43. The molecule has 2 fully saturated rings. The van der Waals surface area contributed by atoms with Crippen LogP contribution in [0.3, 0.4) is 0 Å². The maximum Gasteiger partial charge on any atom is 0.217 e. The van der Waals surface area contributed by atoms with Crippen LogP contribution in [-0.2, 0) is 4.79 Å². The molecule has 0 unspecified atom stereocenters. The SMILES string of the molecule is CC(=O)N[C@H]1CC[C@H](CCN2CCN(c3nccc4ccoc34)CC2)CC1. The fourth-order valence-corrected chi connectivity index (χ4v) is 4.54. The van der Waals surface area contributed by atoms with Crippen molar-refractivity contribution in [1.29, 1.82) is 0 Å². The minimum absolute atomic E-state index is 0.107. The molecule has 1 saturated carbocycles. The summed E-state index contributed by atoms with van der Waals surface area (Å²) < 4.78 is 5.64. The van der Waals surface area contributed by atoms with Crippen molar-refractivity contribution in [1.82, 2.24) is 15.2 Å². The topological polar surface area (TPSA) is 61.6 Å². The van der Waals surface area contributed by atoms with Crippen LogP contribution in [0, 0.1) is 5.92 Å². The van der Waals surface area contributed by atoms with Crippen molar-refractivity contribution in [3.63, 3.8) is 0 Å². The second kappa shape index (κ2) is 8.30. The molecule has 0 spiro atoms. The number of carbonyl (C=O) groups is 1. The highest BCUT2D eigenvalue weighted by atomic mass is 16.3. The van der Waals surface area contributed by atoms with Crippen LogP contribution in [0.4, 0.5) is 5.82 Å². The van der Waals surface area contributed by atoms with Gasteiger partial charge in [-0.15, -0.1) is 0 Å². The summed E-state index contributed by atoms with van der Waals surface area (Å²) in [6, 6.07) is 4.40. The Kier molecular flexibility index (Phi) is 5.62. The van der Waals surface area contributed by atoms with Crippen molar-refractivity contribution in [2.24, 2.45) is 5.92 Å². The number of carbonyl (C=O) groups excluding carboxylic acids is 1. The summed E-state index contributed by atoms with van der Waals surface area (Å²) in [5.74, 6) is 1.90. The lowest BCUT2D eigenvalue weighted by Gasteiger charge is -2.36. The van der Waals surface area contributed by atoms with Crippen LogP contribution in [0.15, 0.2) is 29.0 Å². The van der Waals surface area contributed by atoms with Gasteiger partial charge in [0.25, 0.3) is 0 Å². The monoisotopic (exact) mass is 370 g/mol. The standard InChI is InChI=1S/C21H30N4O2/c1-16(26)23-19-4-2-17(3-5-19)7-10-24-11-13-25(14-12-24)21-20-18(6-9-22-21)8-15-27-20/h6,8-9,15,17,19H,2-5,7,10-14H2,1H3,(H,23,26)/t17-,19-. The second-order valence-electron chi connectivity index (χ2n) is 8.01. The lowest BCUT2D eigenvalue weighted by atomic mass is 9.84. The van der Waals surface area contributed by atoms with Gasteiger partial charge in [0.15, 0.2) is 11.4 Å². The number of amides is 1. The van der Waals surface area contributed by atoms with Crippen LogP contribution in [0.5, 0.6) is 0 Å². The normalized spacial score (nSPS) is 24.3. The van der Waals surface area contributed by atoms with Crippen LogP contribution in [-0.4, -0.2) is 54.6 Å². The molecule has 146 valence electrons. The molecule has 4 rings (SSSR count). The van der Waals surface area contributed by atoms with E-state index in [4.69, 9.17) is 4.42 Å². The highest BCUT2D eigenvalue weighted by Gasteiger charge is 2.24. The van der Waals surface area contributed by atoms with Gasteiger partial charge in [-0.25, -0.2) is 4.98 Å². The highest BCUT2D eigenvalue weighted by molar-refractivity contribution is 5.87. The van der Waals surface area contributed by atoms with Gasteiger partial charge >= 0.3 is 0 Å². The molecular weight excluding hydrogens is 340 g/mol. The molecule has 1 saturated heterocycles. The molecule has 2 aromatic rings. The Labute approximate surface area is 160 Å². The lowest BCUT2D eigenvalue weighted by molar-refractivity contribution is -0.119. The molecule has 0 bridgehead atoms. The number of rotatable bonds is 5. The molecule has 0 aromatic carbocycles. The van der Waals surface area contributed by atoms with Crippen LogP contribution in [0.1, 0.15) is 39.0 Å². The predicted octanol–water partition coefficient (Wildman–Crippen LogP) is 3.03. The van der Waals surface area contributed by atoms with Crippen molar-refractivity contribution in [3.8, 4) is 0 Å². The van der Waals surface area contributed by atoms with E-state index in [1.807, 2.05) is 18.3 Å². The lowest BCUT2D eigenvalue weighted by Crippen LogP contribution is -2.47. The molecule has 3 heterocycles. The smallest absolute Gasteiger partial charge is 0.217 e. The van der Waals surface area contributed by atoms with Crippen molar-refractivity contribution in [2.45, 2.75) is 45.1 Å². The zero-order chi connectivity index (χ0) is 18.6. The quantitative estimate of drug-likeness (QED) is 0.877. The number of hydrogen-bond acceptors (Lipinski definition) is 5. The van der Waals surface area contributed by atoms with Crippen molar-refractivity contribution in [3.05, 3.63) is 24.6 Å². The maximum atomic E-state index is 11.2. The summed E-state index contributed by atoms with van der Waals surface area (Å²) in [7, 11) is 0. The summed E-state index contributed by atoms with van der Waals surface area (Å²) >= 11 is 0. The molecule has 1 aliphatic heterocycles. The number of fused-ring (bicyclic) bond motifs is 1. The molecule has 2 aliphatic rings. The summed E-state index contributed by atoms with van der Waals surface area (Å²) in [6.07, 6.45) is 9.65. The number of furan rings is 1. The Balaban J connectivity index is 1.21. The molecule has 2 aromatic heterocycles. The predicted molar refractivity (Wildman–Crippen MR) is 107 cm³/mol. The molecule has 1 aliphatic carbocycles. The first kappa shape index (κ1) is 18.3. The Hall–Kier alpha value is -2.08. The Bertz CT molecular complexity index is 758. The summed E-state index contributed by atoms with van der Waals surface area (Å²) in [5, 5.41) is 4.19. The first-order valence-corrected chi connectivity index (χ1v) is 10.3. The van der Waals surface area contributed by atoms with Gasteiger partial charge in [0, 0.05) is 50.7 Å². The zero-order valence-electron chi connectivity index (χ0n) is 16.2. The van der Waals surface area contributed by atoms with Crippen LogP contribution < -0.4 is 10.2 Å². The van der Waals surface area contributed by atoms with Crippen molar-refractivity contribution in [2.75, 3.05) is 37.6 Å². The molecule has 1 amide bonds. The van der Waals surface area contributed by atoms with Gasteiger partial charge in [0.2, 0.25) is 5.91 Å². The molecular formula is C21H30N4O2. The van der Waals surface area contributed by atoms with Crippen molar-refractivity contribution >= 4 is 22.7 Å². The fraction of sp³-hybridized carbons (Fsp3) is 0.619. The van der Waals surface area contributed by atoms with E-state index in [1.165, 1.54) is 25.8 Å². The van der Waals surface area contributed by atoms with Gasteiger partial charge in [0.1, 0.15) is 0 Å². The number of anilines is 1. The highest BCUT2D eigenvalue weighted by Crippen LogP contribution is 2.28. The van der Waals surface area contributed by atoms with Gasteiger partial charge in [-0.2, -0.15) is 0 Å². The first-order chi connectivity index (χ1) is 13.2. The molecule has 27 heavy (non-hydrogen) atoms. The Morgan fingerprint density at radius 3 is 2.70 bits per heavy atom. The number of aromatic nitrogens is 1. The van der Waals surface area contributed by atoms with Crippen LogP contribution >= 0.6 is 0 Å². The van der Waals surface area contributed by atoms with Crippen LogP contribution in [0.2, 0.25) is 0 Å². The molecule has 6 nitrogen and oxygen atoms in total. The molecule has 6 heteroatoms. The van der Waals surface area contributed by atoms with Gasteiger partial charge in [0.05, 0.1) is 6.26 Å². The van der Waals surface area contributed by atoms with Gasteiger partial charge in [-0.1, -0.05) is 0 Å². The van der Waals surface area contributed by atoms with Gasteiger partial charge in [-0.05, 0) is 56.7 Å². The largest absolute Gasteiger partial charge is 0.460 e. The van der Waals surface area contributed by atoms with E-state index in [0.717, 1.165) is 61.7 Å². The van der Waals surface area contributed by atoms with Crippen LogP contribution in [0.25, 0.3) is 11.0 Å². The van der Waals surface area contributed by atoms with Gasteiger partial charge in [-0.3, -0.25) is 9.69 Å². The third-order valence-electron chi connectivity index (χ3n) is 6.13. The summed E-state index contributed by atoms with van der Waals surface area (Å²) in [6.45, 7) is 6.97. The van der Waals surface area contributed by atoms with E-state index in [0.29, 0.717) is 6.04 Å². The minimum atomic E-state index is 0.107. The minimum Gasteiger partial charge on any atom is -0.460 e. The molecule has 0 atom stereocenters. The summed E-state index contributed by atoms with van der Waals surface area (Å²) in [5.41, 5.74) is 0.905. The summed E-state index contributed by atoms with van der Waals surface area (Å²) in [4.78, 5) is 20.7. The molecule has 1 N–H and O–H groups in total. The zero-order valence-corrected chi connectivity index (χ0v) is 16.2. The Morgan fingerprint density at radius 1 is 1.19 bits per heavy atom. The van der Waals surface area contributed by atoms with Gasteiger partial charge < -0.3 is 14.6 Å². The van der Waals surface area contributed by atoms with E-state index in [2.05, 4.69) is 20.1 Å². The van der Waals surface area contributed by atoms with E-state index in [-0.39, 0.29) is 5.91 Å². The number of pyridine rings is 1. The number of nitrogens with one attached hydrogen (secondary N) is 1. The average Bonchev–Trinajstić information content (AvgIpc) is 3.16. The average molecular weight is 370 g/mol. The third-order valence-corrected chi connectivity index (χ3v) is 6.13. The molecule has 0 radical (unpaired) electrons. The van der Waals surface area contributed by atoms with Crippen molar-refractivity contribution < 1.29 is 9.21 Å².